The topological polar surface area (TPSA) is 66.9 Å². The van der Waals surface area contributed by atoms with Crippen LogP contribution in [-0.2, 0) is 6.54 Å². The number of aromatic nitrogens is 2. The Balaban J connectivity index is 1.95. The second-order valence-corrected chi connectivity index (χ2v) is 7.05. The Morgan fingerprint density at radius 1 is 1.27 bits per heavy atom. The monoisotopic (exact) mass is 338 g/mol. The second-order valence-electron chi connectivity index (χ2n) is 5.55. The van der Waals surface area contributed by atoms with Gasteiger partial charge in [-0.2, -0.15) is 0 Å². The predicted molar refractivity (Wildman–Crippen MR) is 90.5 cm³/mol. The molecule has 1 amide bonds. The van der Waals surface area contributed by atoms with E-state index in [-0.39, 0.29) is 11.4 Å². The number of amides is 1. The zero-order valence-electron chi connectivity index (χ0n) is 12.8. The van der Waals surface area contributed by atoms with E-state index < -0.39 is 0 Å². The predicted octanol–water partition coefficient (Wildman–Crippen LogP) is 3.72. The molecule has 0 saturated heterocycles. The first-order chi connectivity index (χ1) is 10.4. The molecule has 0 saturated carbocycles. The summed E-state index contributed by atoms with van der Waals surface area (Å²) in [6.45, 7) is 6.98. The number of carbonyl (C=O) groups excluding carboxylic acids is 1. The summed E-state index contributed by atoms with van der Waals surface area (Å²) in [5, 5.41) is 15.9. The van der Waals surface area contributed by atoms with Crippen molar-refractivity contribution in [2.45, 2.75) is 39.3 Å². The van der Waals surface area contributed by atoms with E-state index in [2.05, 4.69) is 41.6 Å². The number of hydrogen-bond donors (Lipinski definition) is 2. The molecular formula is C15H19ClN4OS. The molecule has 0 aliphatic heterocycles. The van der Waals surface area contributed by atoms with E-state index in [9.17, 15) is 4.79 Å². The number of hydrogen-bond acceptors (Lipinski definition) is 5. The Hall–Kier alpha value is -1.50. The summed E-state index contributed by atoms with van der Waals surface area (Å²) in [6.07, 6.45) is 1.01. The largest absolute Gasteiger partial charge is 0.320 e. The molecule has 2 aromatic rings. The summed E-state index contributed by atoms with van der Waals surface area (Å²) < 4.78 is 0. The smallest absolute Gasteiger partial charge is 0.286 e. The first kappa shape index (κ1) is 16.9. The molecular weight excluding hydrogens is 320 g/mol. The summed E-state index contributed by atoms with van der Waals surface area (Å²) in [6, 6.07) is 6.93. The van der Waals surface area contributed by atoms with Gasteiger partial charge in [0.25, 0.3) is 5.91 Å². The SMILES string of the molecule is CCC(C)(C)NCc1nnc(C(=O)Nc2ccc(Cl)cc2)s1. The Labute approximate surface area is 139 Å². The molecule has 118 valence electrons. The van der Waals surface area contributed by atoms with Crippen LogP contribution in [0.1, 0.15) is 42.0 Å². The average molecular weight is 339 g/mol. The summed E-state index contributed by atoms with van der Waals surface area (Å²) in [4.78, 5) is 12.1. The van der Waals surface area contributed by atoms with Crippen LogP contribution in [0.4, 0.5) is 5.69 Å². The van der Waals surface area contributed by atoms with Gasteiger partial charge in [-0.15, -0.1) is 10.2 Å². The fourth-order valence-corrected chi connectivity index (χ4v) is 2.38. The molecule has 7 heteroatoms. The quantitative estimate of drug-likeness (QED) is 0.842. The van der Waals surface area contributed by atoms with Crippen LogP contribution in [0.2, 0.25) is 5.02 Å². The van der Waals surface area contributed by atoms with Crippen LogP contribution in [0.5, 0.6) is 0 Å². The van der Waals surface area contributed by atoms with E-state index in [1.165, 1.54) is 11.3 Å². The van der Waals surface area contributed by atoms with Crippen LogP contribution in [0.3, 0.4) is 0 Å². The molecule has 0 spiro atoms. The van der Waals surface area contributed by atoms with E-state index in [1.54, 1.807) is 24.3 Å². The molecule has 1 aromatic carbocycles. The lowest BCUT2D eigenvalue weighted by molar-refractivity contribution is 0.102. The maximum atomic E-state index is 12.1. The minimum atomic E-state index is -0.263. The van der Waals surface area contributed by atoms with E-state index >= 15 is 0 Å². The van der Waals surface area contributed by atoms with Gasteiger partial charge >= 0.3 is 0 Å². The molecule has 0 unspecified atom stereocenters. The van der Waals surface area contributed by atoms with Crippen LogP contribution in [0, 0.1) is 0 Å². The first-order valence-corrected chi connectivity index (χ1v) is 8.23. The zero-order chi connectivity index (χ0) is 16.2. The molecule has 0 atom stereocenters. The third-order valence-corrected chi connectivity index (χ3v) is 4.54. The van der Waals surface area contributed by atoms with Gasteiger partial charge in [0.15, 0.2) is 0 Å². The van der Waals surface area contributed by atoms with Gasteiger partial charge in [0.2, 0.25) is 5.01 Å². The van der Waals surface area contributed by atoms with Crippen molar-refractivity contribution in [3.63, 3.8) is 0 Å². The average Bonchev–Trinajstić information content (AvgIpc) is 2.97. The zero-order valence-corrected chi connectivity index (χ0v) is 14.4. The van der Waals surface area contributed by atoms with Gasteiger partial charge in [-0.05, 0) is 44.5 Å². The molecule has 0 radical (unpaired) electrons. The molecule has 5 nitrogen and oxygen atoms in total. The summed E-state index contributed by atoms with van der Waals surface area (Å²) in [5.74, 6) is -0.263. The lowest BCUT2D eigenvalue weighted by atomic mass is 10.0. The maximum absolute atomic E-state index is 12.1. The van der Waals surface area contributed by atoms with E-state index in [0.717, 1.165) is 11.4 Å². The Bertz CT molecular complexity index is 639. The Kier molecular flexibility index (Phi) is 5.50. The van der Waals surface area contributed by atoms with Gasteiger partial charge < -0.3 is 10.6 Å². The van der Waals surface area contributed by atoms with Crippen molar-refractivity contribution in [2.75, 3.05) is 5.32 Å². The lowest BCUT2D eigenvalue weighted by Gasteiger charge is -2.23. The summed E-state index contributed by atoms with van der Waals surface area (Å²) in [7, 11) is 0. The second kappa shape index (κ2) is 7.17. The molecule has 0 aliphatic carbocycles. The molecule has 22 heavy (non-hydrogen) atoms. The van der Waals surface area contributed by atoms with Crippen molar-refractivity contribution in [1.82, 2.24) is 15.5 Å². The van der Waals surface area contributed by atoms with Crippen molar-refractivity contribution < 1.29 is 4.79 Å². The van der Waals surface area contributed by atoms with E-state index in [1.807, 2.05) is 0 Å². The van der Waals surface area contributed by atoms with Crippen LogP contribution in [0.15, 0.2) is 24.3 Å². The van der Waals surface area contributed by atoms with Crippen LogP contribution in [0.25, 0.3) is 0 Å². The fraction of sp³-hybridized carbons (Fsp3) is 0.400. The first-order valence-electron chi connectivity index (χ1n) is 7.04. The van der Waals surface area contributed by atoms with Crippen molar-refractivity contribution in [3.8, 4) is 0 Å². The summed E-state index contributed by atoms with van der Waals surface area (Å²) >= 11 is 7.10. The minimum absolute atomic E-state index is 0.0391. The number of anilines is 1. The molecule has 1 aromatic heterocycles. The van der Waals surface area contributed by atoms with Gasteiger partial charge in [0.05, 0.1) is 6.54 Å². The molecule has 0 bridgehead atoms. The van der Waals surface area contributed by atoms with Crippen molar-refractivity contribution >= 4 is 34.5 Å². The number of carbonyl (C=O) groups is 1. The number of benzene rings is 1. The Morgan fingerprint density at radius 3 is 2.59 bits per heavy atom. The highest BCUT2D eigenvalue weighted by Gasteiger charge is 2.17. The fourth-order valence-electron chi connectivity index (χ4n) is 1.57. The highest BCUT2D eigenvalue weighted by atomic mass is 35.5. The van der Waals surface area contributed by atoms with E-state index in [0.29, 0.717) is 22.3 Å². The highest BCUT2D eigenvalue weighted by Crippen LogP contribution is 2.17. The van der Waals surface area contributed by atoms with Gasteiger partial charge in [-0.3, -0.25) is 4.79 Å². The third kappa shape index (κ3) is 4.76. The molecule has 2 rings (SSSR count). The highest BCUT2D eigenvalue weighted by molar-refractivity contribution is 7.13. The van der Waals surface area contributed by atoms with Gasteiger partial charge in [-0.25, -0.2) is 0 Å². The number of halogens is 1. The maximum Gasteiger partial charge on any atom is 0.286 e. The summed E-state index contributed by atoms with van der Waals surface area (Å²) in [5.41, 5.74) is 0.716. The van der Waals surface area contributed by atoms with Crippen molar-refractivity contribution in [3.05, 3.63) is 39.3 Å². The van der Waals surface area contributed by atoms with Gasteiger partial charge in [0, 0.05) is 16.2 Å². The van der Waals surface area contributed by atoms with Crippen molar-refractivity contribution in [1.29, 1.82) is 0 Å². The van der Waals surface area contributed by atoms with Crippen LogP contribution >= 0.6 is 22.9 Å². The number of nitrogens with one attached hydrogen (secondary N) is 2. The van der Waals surface area contributed by atoms with Crippen LogP contribution in [-0.4, -0.2) is 21.6 Å². The molecule has 2 N–H and O–H groups in total. The molecule has 0 fully saturated rings. The molecule has 1 heterocycles. The Morgan fingerprint density at radius 2 is 1.95 bits per heavy atom. The van der Waals surface area contributed by atoms with Crippen LogP contribution < -0.4 is 10.6 Å². The molecule has 0 aliphatic rings. The third-order valence-electron chi connectivity index (χ3n) is 3.37. The minimum Gasteiger partial charge on any atom is -0.320 e. The lowest BCUT2D eigenvalue weighted by Crippen LogP contribution is -2.37. The van der Waals surface area contributed by atoms with Gasteiger partial charge in [-0.1, -0.05) is 29.9 Å². The van der Waals surface area contributed by atoms with Crippen molar-refractivity contribution in [2.24, 2.45) is 0 Å². The normalized spacial score (nSPS) is 11.5. The number of nitrogens with zero attached hydrogens (tertiary/aromatic N) is 2. The van der Waals surface area contributed by atoms with E-state index in [4.69, 9.17) is 11.6 Å². The number of rotatable bonds is 6. The standard InChI is InChI=1S/C15H19ClN4OS/c1-4-15(2,3)17-9-12-19-20-14(22-12)13(21)18-11-7-5-10(16)6-8-11/h5-8,17H,4,9H2,1-3H3,(H,18,21). The van der Waals surface area contributed by atoms with Gasteiger partial charge in [0.1, 0.15) is 5.01 Å².